The lowest BCUT2D eigenvalue weighted by Gasteiger charge is -2.35. The Labute approximate surface area is 101 Å². The first kappa shape index (κ1) is 12.9. The Bertz CT molecular complexity index is 299. The molecule has 0 aromatic carbocycles. The number of aryl methyl sites for hydroxylation is 1. The quantitative estimate of drug-likeness (QED) is 0.875. The summed E-state index contributed by atoms with van der Waals surface area (Å²) in [7, 11) is 2.19. The molecule has 1 aliphatic heterocycles. The van der Waals surface area contributed by atoms with Crippen LogP contribution in [-0.4, -0.2) is 36.1 Å². The highest BCUT2D eigenvalue weighted by Gasteiger charge is 2.21. The fraction of sp³-hybridized carbons (Fsp3) is 0.700. The fourth-order valence-corrected chi connectivity index (χ4v) is 2.47. The van der Waals surface area contributed by atoms with Gasteiger partial charge in [0, 0.05) is 36.8 Å². The Morgan fingerprint density at radius 1 is 1.60 bits per heavy atom. The highest BCUT2D eigenvalue weighted by Crippen LogP contribution is 2.16. The molecule has 1 N–H and O–H groups in total. The molecule has 0 spiro atoms. The predicted octanol–water partition coefficient (Wildman–Crippen LogP) is 1.53. The van der Waals surface area contributed by atoms with Crippen molar-refractivity contribution < 1.29 is 0 Å². The minimum atomic E-state index is 0. The molecule has 1 aromatic heterocycles. The van der Waals surface area contributed by atoms with Gasteiger partial charge >= 0.3 is 0 Å². The van der Waals surface area contributed by atoms with Crippen molar-refractivity contribution in [3.05, 3.63) is 16.1 Å². The lowest BCUT2D eigenvalue weighted by Crippen LogP contribution is -2.55. The zero-order valence-corrected chi connectivity index (χ0v) is 10.8. The summed E-state index contributed by atoms with van der Waals surface area (Å²) in [4.78, 5) is 8.16. The summed E-state index contributed by atoms with van der Waals surface area (Å²) in [6, 6.07) is 0.724. The van der Waals surface area contributed by atoms with E-state index in [2.05, 4.69) is 29.2 Å². The van der Waals surface area contributed by atoms with E-state index in [1.54, 1.807) is 0 Å². The number of rotatable bonds is 4. The first-order valence-corrected chi connectivity index (χ1v) is 5.95. The molecule has 86 valence electrons. The summed E-state index contributed by atoms with van der Waals surface area (Å²) in [5.74, 6) is 0. The zero-order valence-electron chi connectivity index (χ0n) is 9.19. The van der Waals surface area contributed by atoms with Gasteiger partial charge in [0.15, 0.2) is 0 Å². The second-order valence-electron chi connectivity index (χ2n) is 3.80. The Hall–Kier alpha value is -0.160. The monoisotopic (exact) mass is 247 g/mol. The van der Waals surface area contributed by atoms with Gasteiger partial charge in [0.1, 0.15) is 0 Å². The molecule has 1 aromatic rings. The number of thiazole rings is 1. The molecule has 1 aliphatic rings. The maximum Gasteiger partial charge on any atom is 0.0925 e. The number of hydrogen-bond donors (Lipinski definition) is 1. The molecule has 0 saturated carbocycles. The normalized spacial score (nSPS) is 16.2. The molecule has 1 fully saturated rings. The second-order valence-corrected chi connectivity index (χ2v) is 5.00. The smallest absolute Gasteiger partial charge is 0.0925 e. The van der Waals surface area contributed by atoms with Crippen molar-refractivity contribution in [1.29, 1.82) is 0 Å². The molecular weight excluding hydrogens is 230 g/mol. The van der Waals surface area contributed by atoms with Crippen LogP contribution >= 0.6 is 23.7 Å². The molecule has 0 radical (unpaired) electrons. The van der Waals surface area contributed by atoms with Crippen LogP contribution in [0.4, 0.5) is 0 Å². The van der Waals surface area contributed by atoms with Gasteiger partial charge in [-0.2, -0.15) is 0 Å². The van der Waals surface area contributed by atoms with Crippen LogP contribution in [0, 0.1) is 0 Å². The van der Waals surface area contributed by atoms with E-state index in [9.17, 15) is 0 Å². The minimum absolute atomic E-state index is 0. The van der Waals surface area contributed by atoms with E-state index >= 15 is 0 Å². The number of aromatic nitrogens is 1. The molecule has 0 bridgehead atoms. The van der Waals surface area contributed by atoms with Crippen molar-refractivity contribution in [3.63, 3.8) is 0 Å². The van der Waals surface area contributed by atoms with Crippen LogP contribution in [0.2, 0.25) is 0 Å². The van der Waals surface area contributed by atoms with E-state index in [-0.39, 0.29) is 12.4 Å². The van der Waals surface area contributed by atoms with Gasteiger partial charge in [-0.25, -0.2) is 4.98 Å². The van der Waals surface area contributed by atoms with Gasteiger partial charge in [-0.1, -0.05) is 6.92 Å². The Kier molecular flexibility index (Phi) is 4.99. The fourth-order valence-electron chi connectivity index (χ4n) is 1.54. The van der Waals surface area contributed by atoms with E-state index in [4.69, 9.17) is 0 Å². The van der Waals surface area contributed by atoms with Crippen molar-refractivity contribution in [2.75, 3.05) is 20.1 Å². The molecule has 1 saturated heterocycles. The lowest BCUT2D eigenvalue weighted by atomic mass is 10.1. The summed E-state index contributed by atoms with van der Waals surface area (Å²) >= 11 is 1.84. The SMILES string of the molecule is CCc1ncc(CN(C)C2CNC2)s1.Cl. The lowest BCUT2D eigenvalue weighted by molar-refractivity contribution is 0.174. The van der Waals surface area contributed by atoms with Crippen LogP contribution in [0.25, 0.3) is 0 Å². The summed E-state index contributed by atoms with van der Waals surface area (Å²) in [6.07, 6.45) is 3.07. The molecule has 0 aliphatic carbocycles. The zero-order chi connectivity index (χ0) is 9.97. The van der Waals surface area contributed by atoms with Gasteiger partial charge in [-0.3, -0.25) is 4.90 Å². The molecule has 3 nitrogen and oxygen atoms in total. The van der Waals surface area contributed by atoms with E-state index in [1.165, 1.54) is 9.88 Å². The van der Waals surface area contributed by atoms with Gasteiger partial charge in [0.05, 0.1) is 5.01 Å². The average molecular weight is 248 g/mol. The third-order valence-corrected chi connectivity index (χ3v) is 3.82. The van der Waals surface area contributed by atoms with E-state index < -0.39 is 0 Å². The number of hydrogen-bond acceptors (Lipinski definition) is 4. The van der Waals surface area contributed by atoms with E-state index in [1.807, 2.05) is 17.5 Å². The van der Waals surface area contributed by atoms with Crippen molar-refractivity contribution in [2.45, 2.75) is 25.9 Å². The standard InChI is InChI=1S/C10H17N3S.ClH/c1-3-10-12-6-9(14-10)7-13(2)8-4-11-5-8;/h6,8,11H,3-5,7H2,1-2H3;1H. The first-order chi connectivity index (χ1) is 6.79. The number of likely N-dealkylation sites (N-methyl/N-ethyl adjacent to an activating group) is 1. The topological polar surface area (TPSA) is 28.2 Å². The van der Waals surface area contributed by atoms with Crippen molar-refractivity contribution in [3.8, 4) is 0 Å². The van der Waals surface area contributed by atoms with Crippen LogP contribution < -0.4 is 5.32 Å². The summed E-state index contributed by atoms with van der Waals surface area (Å²) in [6.45, 7) is 5.47. The third-order valence-electron chi connectivity index (χ3n) is 2.69. The largest absolute Gasteiger partial charge is 0.314 e. The summed E-state index contributed by atoms with van der Waals surface area (Å²) in [5, 5.41) is 4.54. The molecular formula is C10H18ClN3S. The van der Waals surface area contributed by atoms with Crippen molar-refractivity contribution >= 4 is 23.7 Å². The van der Waals surface area contributed by atoms with Gasteiger partial charge in [0.2, 0.25) is 0 Å². The maximum absolute atomic E-state index is 4.37. The summed E-state index contributed by atoms with van der Waals surface area (Å²) < 4.78 is 0. The minimum Gasteiger partial charge on any atom is -0.314 e. The third kappa shape index (κ3) is 3.14. The average Bonchev–Trinajstić information content (AvgIpc) is 2.48. The van der Waals surface area contributed by atoms with E-state index in [0.29, 0.717) is 0 Å². The highest BCUT2D eigenvalue weighted by molar-refractivity contribution is 7.11. The maximum atomic E-state index is 4.37. The van der Waals surface area contributed by atoms with Crippen LogP contribution in [0.15, 0.2) is 6.20 Å². The molecule has 5 heteroatoms. The van der Waals surface area contributed by atoms with E-state index in [0.717, 1.165) is 32.1 Å². The number of nitrogens with zero attached hydrogens (tertiary/aromatic N) is 2. The Morgan fingerprint density at radius 2 is 2.33 bits per heavy atom. The molecule has 0 atom stereocenters. The van der Waals surface area contributed by atoms with Gasteiger partial charge in [0.25, 0.3) is 0 Å². The van der Waals surface area contributed by atoms with Crippen LogP contribution in [0.1, 0.15) is 16.8 Å². The molecule has 2 heterocycles. The molecule has 0 amide bonds. The Balaban J connectivity index is 0.00000112. The highest BCUT2D eigenvalue weighted by atomic mass is 35.5. The van der Waals surface area contributed by atoms with Crippen molar-refractivity contribution in [2.24, 2.45) is 0 Å². The predicted molar refractivity (Wildman–Crippen MR) is 66.9 cm³/mol. The van der Waals surface area contributed by atoms with Gasteiger partial charge < -0.3 is 5.32 Å². The number of halogens is 1. The molecule has 15 heavy (non-hydrogen) atoms. The second kappa shape index (κ2) is 5.80. The molecule has 0 unspecified atom stereocenters. The van der Waals surface area contributed by atoms with Gasteiger partial charge in [-0.05, 0) is 13.5 Å². The molecule has 2 rings (SSSR count). The van der Waals surface area contributed by atoms with Crippen LogP contribution in [0.3, 0.4) is 0 Å². The Morgan fingerprint density at radius 3 is 2.80 bits per heavy atom. The van der Waals surface area contributed by atoms with Crippen LogP contribution in [0.5, 0.6) is 0 Å². The van der Waals surface area contributed by atoms with Crippen LogP contribution in [-0.2, 0) is 13.0 Å². The van der Waals surface area contributed by atoms with Gasteiger partial charge in [-0.15, -0.1) is 23.7 Å². The number of nitrogens with one attached hydrogen (secondary N) is 1. The first-order valence-electron chi connectivity index (χ1n) is 5.14. The summed E-state index contributed by atoms with van der Waals surface area (Å²) in [5.41, 5.74) is 0. The van der Waals surface area contributed by atoms with Crippen molar-refractivity contribution in [1.82, 2.24) is 15.2 Å².